The number of rotatable bonds is 7. The third-order valence-corrected chi connectivity index (χ3v) is 2.55. The number of aliphatic hydroxyl groups is 1. The smallest absolute Gasteiger partial charge is 0.322 e. The fraction of sp³-hybridized carbons (Fsp3) is 0.385. The van der Waals surface area contributed by atoms with E-state index in [1.54, 1.807) is 12.1 Å². The SMILES string of the molecule is O=C(O)Cc1cccc(NC(=O)N(CCO)CC(F)F)c1. The summed E-state index contributed by atoms with van der Waals surface area (Å²) >= 11 is 0. The molecule has 116 valence electrons. The molecule has 0 atom stereocenters. The number of carbonyl (C=O) groups excluding carboxylic acids is 1. The Kier molecular flexibility index (Phi) is 6.54. The van der Waals surface area contributed by atoms with Crippen molar-refractivity contribution in [2.24, 2.45) is 0 Å². The first kappa shape index (κ1) is 16.8. The normalized spacial score (nSPS) is 10.5. The molecule has 0 heterocycles. The zero-order chi connectivity index (χ0) is 15.8. The number of amides is 2. The van der Waals surface area contributed by atoms with Crippen molar-refractivity contribution in [2.45, 2.75) is 12.8 Å². The van der Waals surface area contributed by atoms with Crippen LogP contribution in [0.1, 0.15) is 5.56 Å². The molecule has 0 radical (unpaired) electrons. The van der Waals surface area contributed by atoms with Crippen molar-refractivity contribution in [3.05, 3.63) is 29.8 Å². The van der Waals surface area contributed by atoms with Gasteiger partial charge in [0.25, 0.3) is 6.43 Å². The third-order valence-electron chi connectivity index (χ3n) is 2.55. The van der Waals surface area contributed by atoms with Crippen LogP contribution in [0.4, 0.5) is 19.3 Å². The highest BCUT2D eigenvalue weighted by molar-refractivity contribution is 5.89. The van der Waals surface area contributed by atoms with Crippen molar-refractivity contribution in [1.29, 1.82) is 0 Å². The molecule has 0 saturated carbocycles. The van der Waals surface area contributed by atoms with Crippen molar-refractivity contribution >= 4 is 17.7 Å². The number of aliphatic hydroxyl groups excluding tert-OH is 1. The predicted molar refractivity (Wildman–Crippen MR) is 71.5 cm³/mol. The zero-order valence-corrected chi connectivity index (χ0v) is 11.1. The summed E-state index contributed by atoms with van der Waals surface area (Å²) in [6.45, 7) is -1.44. The second-order valence-electron chi connectivity index (χ2n) is 4.26. The molecule has 21 heavy (non-hydrogen) atoms. The van der Waals surface area contributed by atoms with Gasteiger partial charge in [0.05, 0.1) is 19.6 Å². The van der Waals surface area contributed by atoms with E-state index in [1.165, 1.54) is 12.1 Å². The van der Waals surface area contributed by atoms with Gasteiger partial charge >= 0.3 is 12.0 Å². The second kappa shape index (κ2) is 8.15. The van der Waals surface area contributed by atoms with Gasteiger partial charge in [0.2, 0.25) is 0 Å². The van der Waals surface area contributed by atoms with E-state index in [0.717, 1.165) is 4.90 Å². The van der Waals surface area contributed by atoms with E-state index in [2.05, 4.69) is 5.32 Å². The molecular formula is C13H16F2N2O4. The lowest BCUT2D eigenvalue weighted by molar-refractivity contribution is -0.136. The van der Waals surface area contributed by atoms with E-state index in [0.29, 0.717) is 11.3 Å². The van der Waals surface area contributed by atoms with Crippen molar-refractivity contribution < 1.29 is 28.6 Å². The number of hydrogen-bond donors (Lipinski definition) is 3. The fourth-order valence-electron chi connectivity index (χ4n) is 1.70. The standard InChI is InChI=1S/C13H16F2N2O4/c14-11(15)8-17(4-5-18)13(21)16-10-3-1-2-9(6-10)7-12(19)20/h1-3,6,11,18H,4-5,7-8H2,(H,16,21)(H,19,20). The molecule has 6 nitrogen and oxygen atoms in total. The largest absolute Gasteiger partial charge is 0.481 e. The van der Waals surface area contributed by atoms with Crippen molar-refractivity contribution in [3.8, 4) is 0 Å². The number of aliphatic carboxylic acids is 1. The Hall–Kier alpha value is -2.22. The summed E-state index contributed by atoms with van der Waals surface area (Å²) in [4.78, 5) is 23.2. The molecule has 0 bridgehead atoms. The highest BCUT2D eigenvalue weighted by Gasteiger charge is 2.17. The summed E-state index contributed by atoms with van der Waals surface area (Å²) in [6.07, 6.45) is -2.91. The highest BCUT2D eigenvalue weighted by Crippen LogP contribution is 2.12. The molecule has 1 aromatic rings. The summed E-state index contributed by atoms with van der Waals surface area (Å²) < 4.78 is 24.7. The number of carbonyl (C=O) groups is 2. The van der Waals surface area contributed by atoms with Crippen molar-refractivity contribution in [3.63, 3.8) is 0 Å². The van der Waals surface area contributed by atoms with Gasteiger partial charge in [-0.2, -0.15) is 0 Å². The molecule has 8 heteroatoms. The lowest BCUT2D eigenvalue weighted by Crippen LogP contribution is -2.40. The topological polar surface area (TPSA) is 89.9 Å². The maximum Gasteiger partial charge on any atom is 0.322 e. The molecular weight excluding hydrogens is 286 g/mol. The maximum absolute atomic E-state index is 12.3. The molecule has 3 N–H and O–H groups in total. The van der Waals surface area contributed by atoms with Crippen LogP contribution in [0.15, 0.2) is 24.3 Å². The number of urea groups is 1. The van der Waals surface area contributed by atoms with E-state index < -0.39 is 31.6 Å². The summed E-state index contributed by atoms with van der Waals surface area (Å²) in [5.41, 5.74) is 0.777. The fourth-order valence-corrected chi connectivity index (χ4v) is 1.70. The van der Waals surface area contributed by atoms with Crippen LogP contribution in [-0.4, -0.2) is 53.2 Å². The number of alkyl halides is 2. The number of anilines is 1. The van der Waals surface area contributed by atoms with Crippen LogP contribution < -0.4 is 5.32 Å². The average Bonchev–Trinajstić information content (AvgIpc) is 2.37. The third kappa shape index (κ3) is 6.17. The maximum atomic E-state index is 12.3. The molecule has 0 aromatic heterocycles. The van der Waals surface area contributed by atoms with Gasteiger partial charge in [-0.1, -0.05) is 12.1 Å². The molecule has 1 aromatic carbocycles. The summed E-state index contributed by atoms with van der Waals surface area (Å²) in [6, 6.07) is 5.32. The van der Waals surface area contributed by atoms with Crippen LogP contribution in [-0.2, 0) is 11.2 Å². The van der Waals surface area contributed by atoms with Crippen LogP contribution in [0.5, 0.6) is 0 Å². The summed E-state index contributed by atoms with van der Waals surface area (Å²) in [5, 5.41) is 19.9. The number of halogens is 2. The van der Waals surface area contributed by atoms with E-state index in [1.807, 2.05) is 0 Å². The van der Waals surface area contributed by atoms with Gasteiger partial charge in [0.15, 0.2) is 0 Å². The first-order valence-corrected chi connectivity index (χ1v) is 6.18. The number of carboxylic acids is 1. The lowest BCUT2D eigenvalue weighted by atomic mass is 10.1. The first-order chi connectivity index (χ1) is 9.92. The minimum absolute atomic E-state index is 0.207. The number of nitrogens with zero attached hydrogens (tertiary/aromatic N) is 1. The molecule has 0 aliphatic heterocycles. The molecule has 0 fully saturated rings. The Balaban J connectivity index is 2.73. The molecule has 1 rings (SSSR count). The van der Waals surface area contributed by atoms with Gasteiger partial charge in [0, 0.05) is 12.2 Å². The number of carboxylic acid groups (broad SMARTS) is 1. The van der Waals surface area contributed by atoms with Gasteiger partial charge in [-0.15, -0.1) is 0 Å². The number of benzene rings is 1. The molecule has 0 unspecified atom stereocenters. The monoisotopic (exact) mass is 302 g/mol. The van der Waals surface area contributed by atoms with Gasteiger partial charge < -0.3 is 20.4 Å². The minimum Gasteiger partial charge on any atom is -0.481 e. The summed E-state index contributed by atoms with van der Waals surface area (Å²) in [5.74, 6) is -1.02. The molecule has 0 saturated heterocycles. The average molecular weight is 302 g/mol. The van der Waals surface area contributed by atoms with Crippen LogP contribution >= 0.6 is 0 Å². The lowest BCUT2D eigenvalue weighted by Gasteiger charge is -2.21. The van der Waals surface area contributed by atoms with Gasteiger partial charge in [-0.25, -0.2) is 13.6 Å². The van der Waals surface area contributed by atoms with Crippen LogP contribution in [0.2, 0.25) is 0 Å². The van der Waals surface area contributed by atoms with Crippen LogP contribution in [0.3, 0.4) is 0 Å². The Morgan fingerprint density at radius 1 is 1.33 bits per heavy atom. The highest BCUT2D eigenvalue weighted by atomic mass is 19.3. The van der Waals surface area contributed by atoms with Crippen molar-refractivity contribution in [2.75, 3.05) is 25.0 Å². The Labute approximate surface area is 120 Å². The van der Waals surface area contributed by atoms with Gasteiger partial charge in [-0.3, -0.25) is 4.79 Å². The molecule has 2 amide bonds. The number of hydrogen-bond acceptors (Lipinski definition) is 3. The molecule has 0 aliphatic carbocycles. The van der Waals surface area contributed by atoms with Crippen LogP contribution in [0.25, 0.3) is 0 Å². The Bertz CT molecular complexity index is 497. The van der Waals surface area contributed by atoms with Gasteiger partial charge in [0.1, 0.15) is 0 Å². The van der Waals surface area contributed by atoms with E-state index in [4.69, 9.17) is 10.2 Å². The number of nitrogens with one attached hydrogen (secondary N) is 1. The van der Waals surface area contributed by atoms with E-state index in [-0.39, 0.29) is 13.0 Å². The predicted octanol–water partition coefficient (Wildman–Crippen LogP) is 1.41. The van der Waals surface area contributed by atoms with Crippen LogP contribution in [0, 0.1) is 0 Å². The first-order valence-electron chi connectivity index (χ1n) is 6.18. The zero-order valence-electron chi connectivity index (χ0n) is 11.1. The second-order valence-corrected chi connectivity index (χ2v) is 4.26. The van der Waals surface area contributed by atoms with E-state index >= 15 is 0 Å². The Morgan fingerprint density at radius 2 is 2.05 bits per heavy atom. The van der Waals surface area contributed by atoms with E-state index in [9.17, 15) is 18.4 Å². The Morgan fingerprint density at radius 3 is 2.62 bits per heavy atom. The molecule has 0 aliphatic rings. The minimum atomic E-state index is -2.71. The van der Waals surface area contributed by atoms with Gasteiger partial charge in [-0.05, 0) is 17.7 Å². The molecule has 0 spiro atoms. The summed E-state index contributed by atoms with van der Waals surface area (Å²) in [7, 11) is 0. The quantitative estimate of drug-likeness (QED) is 0.710. The van der Waals surface area contributed by atoms with Crippen molar-refractivity contribution in [1.82, 2.24) is 4.90 Å².